The molecule has 5 N–H and O–H groups in total. The van der Waals surface area contributed by atoms with Gasteiger partial charge in [0.15, 0.2) is 23.1 Å². The van der Waals surface area contributed by atoms with Crippen LogP contribution in [-0.2, 0) is 16.9 Å². The number of aromatic amines is 1. The topological polar surface area (TPSA) is 115 Å². The number of rotatable bonds is 4. The third kappa shape index (κ3) is 3.59. The first-order chi connectivity index (χ1) is 14.5. The number of piperidine rings is 1. The van der Waals surface area contributed by atoms with Crippen molar-refractivity contribution in [3.05, 3.63) is 22.9 Å². The Morgan fingerprint density at radius 3 is 2.68 bits per heavy atom. The summed E-state index contributed by atoms with van der Waals surface area (Å²) in [6, 6.07) is 0. The molecule has 0 saturated carbocycles. The lowest BCUT2D eigenvalue weighted by molar-refractivity contribution is -0.153. The zero-order chi connectivity index (χ0) is 22.6. The van der Waals surface area contributed by atoms with Gasteiger partial charge in [-0.05, 0) is 20.9 Å². The van der Waals surface area contributed by atoms with E-state index in [9.17, 15) is 9.18 Å². The van der Waals surface area contributed by atoms with Gasteiger partial charge in [0, 0.05) is 37.9 Å². The molecule has 0 spiro atoms. The summed E-state index contributed by atoms with van der Waals surface area (Å²) in [5.74, 6) is -1.82. The van der Waals surface area contributed by atoms with Gasteiger partial charge < -0.3 is 20.4 Å². The Labute approximate surface area is 180 Å². The standard InChI is InChI=1S/C20H30F2N8O/c1-5-20(23)24-10-13(21)16(26-20)25-15-12-11-30(18(2,3)14(12)27-28-15)17(31)19(22)6-8-29(4)9-7-19/h10,26H,5-9,11,23H2,1-4H3,(H2,25,27,28). The zero-order valence-corrected chi connectivity index (χ0v) is 18.4. The van der Waals surface area contributed by atoms with Crippen LogP contribution in [0.5, 0.6) is 0 Å². The van der Waals surface area contributed by atoms with E-state index >= 15 is 4.39 Å². The van der Waals surface area contributed by atoms with E-state index in [-0.39, 0.29) is 25.2 Å². The molecule has 3 aliphatic rings. The summed E-state index contributed by atoms with van der Waals surface area (Å²) in [5.41, 5.74) is 4.81. The molecule has 1 saturated heterocycles. The third-order valence-corrected chi connectivity index (χ3v) is 6.65. The Morgan fingerprint density at radius 1 is 1.35 bits per heavy atom. The van der Waals surface area contributed by atoms with Gasteiger partial charge in [-0.25, -0.2) is 13.8 Å². The minimum Gasteiger partial charge on any atom is -0.333 e. The molecule has 1 atom stereocenters. The van der Waals surface area contributed by atoms with Crippen molar-refractivity contribution in [3.8, 4) is 0 Å². The molecule has 0 aliphatic carbocycles. The second-order valence-corrected chi connectivity index (χ2v) is 9.15. The number of alkyl halides is 1. The van der Waals surface area contributed by atoms with Gasteiger partial charge in [0.25, 0.3) is 5.91 Å². The Kier molecular flexibility index (Phi) is 5.08. The van der Waals surface area contributed by atoms with Gasteiger partial charge in [0.1, 0.15) is 5.82 Å². The van der Waals surface area contributed by atoms with Gasteiger partial charge in [0.2, 0.25) is 0 Å². The molecule has 1 amide bonds. The summed E-state index contributed by atoms with van der Waals surface area (Å²) in [4.78, 5) is 20.8. The number of anilines is 1. The number of nitrogens with two attached hydrogens (primary N) is 1. The average molecular weight is 437 g/mol. The number of allylic oxidation sites excluding steroid dienone is 1. The maximum Gasteiger partial charge on any atom is 0.261 e. The van der Waals surface area contributed by atoms with E-state index in [1.54, 1.807) is 4.90 Å². The van der Waals surface area contributed by atoms with Crippen molar-refractivity contribution in [2.75, 3.05) is 25.5 Å². The number of aromatic nitrogens is 2. The highest BCUT2D eigenvalue weighted by molar-refractivity contribution is 5.87. The molecule has 1 aromatic rings. The Bertz CT molecular complexity index is 947. The number of aliphatic imine (C=N–C) groups is 1. The van der Waals surface area contributed by atoms with Crippen molar-refractivity contribution in [2.45, 2.75) is 63.6 Å². The molecular formula is C20H30F2N8O. The highest BCUT2D eigenvalue weighted by atomic mass is 19.1. The number of hydrogen-bond donors (Lipinski definition) is 4. The van der Waals surface area contributed by atoms with E-state index in [1.165, 1.54) is 0 Å². The van der Waals surface area contributed by atoms with Gasteiger partial charge in [-0.1, -0.05) is 6.92 Å². The van der Waals surface area contributed by atoms with Crippen molar-refractivity contribution >= 4 is 17.9 Å². The zero-order valence-electron chi connectivity index (χ0n) is 18.4. The van der Waals surface area contributed by atoms with Crippen LogP contribution in [0, 0.1) is 0 Å². The number of nitrogens with zero attached hydrogens (tertiary/aromatic N) is 4. The summed E-state index contributed by atoms with van der Waals surface area (Å²) < 4.78 is 29.9. The van der Waals surface area contributed by atoms with E-state index in [1.807, 2.05) is 32.7 Å². The first-order valence-corrected chi connectivity index (χ1v) is 10.6. The highest BCUT2D eigenvalue weighted by Crippen LogP contribution is 2.43. The highest BCUT2D eigenvalue weighted by Gasteiger charge is 2.51. The fourth-order valence-corrected chi connectivity index (χ4v) is 4.31. The number of carbonyl (C=O) groups excluding carboxylic acids is 1. The number of hydrogen-bond acceptors (Lipinski definition) is 7. The van der Waals surface area contributed by atoms with Crippen LogP contribution in [0.3, 0.4) is 0 Å². The molecule has 1 unspecified atom stereocenters. The van der Waals surface area contributed by atoms with E-state index in [0.29, 0.717) is 36.6 Å². The van der Waals surface area contributed by atoms with Crippen LogP contribution < -0.4 is 16.4 Å². The number of halogens is 2. The van der Waals surface area contributed by atoms with Gasteiger partial charge >= 0.3 is 0 Å². The van der Waals surface area contributed by atoms with Crippen molar-refractivity contribution in [1.29, 1.82) is 0 Å². The maximum atomic E-state index is 15.6. The summed E-state index contributed by atoms with van der Waals surface area (Å²) in [7, 11) is 1.92. The molecule has 0 bridgehead atoms. The lowest BCUT2D eigenvalue weighted by atomic mass is 9.90. The number of carbonyl (C=O) groups is 1. The van der Waals surface area contributed by atoms with Crippen LogP contribution in [0.25, 0.3) is 0 Å². The SMILES string of the molecule is CCC1(N)N=CC(F)=C(Nc2n[nH]c3c2CN(C(=O)C2(F)CCN(C)CC2)C3(C)C)N1. The average Bonchev–Trinajstić information content (AvgIpc) is 3.25. The number of amides is 1. The second-order valence-electron chi connectivity index (χ2n) is 9.15. The number of nitrogens with one attached hydrogen (secondary N) is 3. The summed E-state index contributed by atoms with van der Waals surface area (Å²) in [6.45, 7) is 6.78. The van der Waals surface area contributed by atoms with Crippen LogP contribution in [0.2, 0.25) is 0 Å². The number of likely N-dealkylation sites (tertiary alicyclic amines) is 1. The van der Waals surface area contributed by atoms with Crippen LogP contribution in [0.1, 0.15) is 51.3 Å². The number of fused-ring (bicyclic) bond motifs is 1. The second kappa shape index (κ2) is 7.27. The predicted octanol–water partition coefficient (Wildman–Crippen LogP) is 1.67. The van der Waals surface area contributed by atoms with Crippen LogP contribution in [-0.4, -0.2) is 63.7 Å². The Hall–Kier alpha value is -2.53. The first kappa shape index (κ1) is 21.7. The molecule has 11 heteroatoms. The molecule has 0 aromatic carbocycles. The van der Waals surface area contributed by atoms with Crippen molar-refractivity contribution < 1.29 is 13.6 Å². The quantitative estimate of drug-likeness (QED) is 0.571. The van der Waals surface area contributed by atoms with Gasteiger partial charge in [-0.15, -0.1) is 0 Å². The molecular weight excluding hydrogens is 406 g/mol. The molecule has 170 valence electrons. The summed E-state index contributed by atoms with van der Waals surface area (Å²) in [6.07, 6.45) is 1.86. The fourth-order valence-electron chi connectivity index (χ4n) is 4.31. The Morgan fingerprint density at radius 2 is 2.03 bits per heavy atom. The van der Waals surface area contributed by atoms with Crippen LogP contribution in [0.15, 0.2) is 16.6 Å². The lowest BCUT2D eigenvalue weighted by Gasteiger charge is -2.40. The van der Waals surface area contributed by atoms with E-state index in [2.05, 4.69) is 25.8 Å². The van der Waals surface area contributed by atoms with Crippen molar-refractivity contribution in [3.63, 3.8) is 0 Å². The number of H-pyrrole nitrogens is 1. The van der Waals surface area contributed by atoms with E-state index < -0.39 is 28.7 Å². The molecule has 1 aromatic heterocycles. The van der Waals surface area contributed by atoms with Gasteiger partial charge in [-0.2, -0.15) is 5.10 Å². The van der Waals surface area contributed by atoms with Gasteiger partial charge in [0.05, 0.1) is 24.0 Å². The third-order valence-electron chi connectivity index (χ3n) is 6.65. The normalized spacial score (nSPS) is 27.3. The summed E-state index contributed by atoms with van der Waals surface area (Å²) >= 11 is 0. The monoisotopic (exact) mass is 436 g/mol. The molecule has 4 rings (SSSR count). The molecule has 1 fully saturated rings. The minimum absolute atomic E-state index is 0.0495. The van der Waals surface area contributed by atoms with Crippen molar-refractivity contribution in [2.24, 2.45) is 10.7 Å². The largest absolute Gasteiger partial charge is 0.333 e. The first-order valence-electron chi connectivity index (χ1n) is 10.6. The predicted molar refractivity (Wildman–Crippen MR) is 113 cm³/mol. The van der Waals surface area contributed by atoms with Gasteiger partial charge in [-0.3, -0.25) is 15.6 Å². The molecule has 9 nitrogen and oxygen atoms in total. The van der Waals surface area contributed by atoms with Crippen LogP contribution in [0.4, 0.5) is 14.6 Å². The molecule has 3 aliphatic heterocycles. The smallest absolute Gasteiger partial charge is 0.261 e. The molecule has 0 radical (unpaired) electrons. The van der Waals surface area contributed by atoms with E-state index in [0.717, 1.165) is 6.21 Å². The van der Waals surface area contributed by atoms with Crippen LogP contribution >= 0.6 is 0 Å². The molecule has 31 heavy (non-hydrogen) atoms. The maximum absolute atomic E-state index is 15.6. The molecule has 4 heterocycles. The van der Waals surface area contributed by atoms with Crippen molar-refractivity contribution in [1.82, 2.24) is 25.3 Å². The Balaban J connectivity index is 1.57. The van der Waals surface area contributed by atoms with E-state index in [4.69, 9.17) is 5.73 Å². The lowest BCUT2D eigenvalue weighted by Crippen LogP contribution is -2.54. The fraction of sp³-hybridized carbons (Fsp3) is 0.650. The summed E-state index contributed by atoms with van der Waals surface area (Å²) in [5, 5.41) is 13.0. The minimum atomic E-state index is -1.88.